The minimum Gasteiger partial charge on any atom is -0.472 e. The van der Waals surface area contributed by atoms with Crippen LogP contribution in [0.2, 0.25) is 0 Å². The highest BCUT2D eigenvalue weighted by Gasteiger charge is 2.15. The molecule has 2 heterocycles. The number of carbonyl (C=O) groups is 1. The topological polar surface area (TPSA) is 30.2 Å². The lowest BCUT2D eigenvalue weighted by atomic mass is 10.1. The van der Waals surface area contributed by atoms with E-state index in [9.17, 15) is 4.79 Å². The van der Waals surface area contributed by atoms with Gasteiger partial charge >= 0.3 is 0 Å². The summed E-state index contributed by atoms with van der Waals surface area (Å²) in [5.41, 5.74) is 1.51. The standard InChI is InChI=1S/C10H7BrO2S/c1-6-3-13-4-8(6)10(12)9-2-7(11)5-14-9/h2-5H,1H3. The number of furan rings is 1. The molecule has 2 aromatic rings. The molecule has 0 saturated carbocycles. The number of thiophene rings is 1. The zero-order chi connectivity index (χ0) is 10.1. The predicted octanol–water partition coefficient (Wildman–Crippen LogP) is 3.64. The number of hydrogen-bond acceptors (Lipinski definition) is 3. The second-order valence-electron chi connectivity index (χ2n) is 2.93. The van der Waals surface area contributed by atoms with Crippen molar-refractivity contribution in [2.24, 2.45) is 0 Å². The Morgan fingerprint density at radius 2 is 2.29 bits per heavy atom. The van der Waals surface area contributed by atoms with Crippen molar-refractivity contribution in [1.29, 1.82) is 0 Å². The Morgan fingerprint density at radius 3 is 2.79 bits per heavy atom. The van der Waals surface area contributed by atoms with E-state index >= 15 is 0 Å². The summed E-state index contributed by atoms with van der Waals surface area (Å²) in [4.78, 5) is 12.6. The number of carbonyl (C=O) groups excluding carboxylic acids is 1. The maximum Gasteiger partial charge on any atom is 0.206 e. The lowest BCUT2D eigenvalue weighted by Crippen LogP contribution is -1.97. The van der Waals surface area contributed by atoms with Gasteiger partial charge in [-0.3, -0.25) is 4.79 Å². The molecule has 0 unspecified atom stereocenters. The third-order valence-corrected chi connectivity index (χ3v) is 3.58. The van der Waals surface area contributed by atoms with Crippen LogP contribution in [-0.2, 0) is 0 Å². The number of hydrogen-bond donors (Lipinski definition) is 0. The van der Waals surface area contributed by atoms with Crippen molar-refractivity contribution in [3.63, 3.8) is 0 Å². The van der Waals surface area contributed by atoms with Crippen LogP contribution in [0.3, 0.4) is 0 Å². The summed E-state index contributed by atoms with van der Waals surface area (Å²) < 4.78 is 5.90. The Bertz CT molecular complexity index is 470. The van der Waals surface area contributed by atoms with Crippen LogP contribution >= 0.6 is 27.3 Å². The summed E-state index contributed by atoms with van der Waals surface area (Å²) >= 11 is 4.74. The van der Waals surface area contributed by atoms with Crippen LogP contribution in [0, 0.1) is 6.92 Å². The molecular weight excluding hydrogens is 264 g/mol. The highest BCUT2D eigenvalue weighted by atomic mass is 79.9. The SMILES string of the molecule is Cc1cocc1C(=O)c1cc(Br)cs1. The number of halogens is 1. The van der Waals surface area contributed by atoms with E-state index in [4.69, 9.17) is 4.42 Å². The van der Waals surface area contributed by atoms with Crippen LogP contribution < -0.4 is 0 Å². The minimum atomic E-state index is 0.0203. The second-order valence-corrected chi connectivity index (χ2v) is 4.75. The molecule has 4 heteroatoms. The highest BCUT2D eigenvalue weighted by Crippen LogP contribution is 2.23. The molecule has 0 N–H and O–H groups in total. The summed E-state index contributed by atoms with van der Waals surface area (Å²) in [6, 6.07) is 1.82. The molecule has 0 aliphatic rings. The fourth-order valence-electron chi connectivity index (χ4n) is 1.16. The Morgan fingerprint density at radius 1 is 1.50 bits per heavy atom. The van der Waals surface area contributed by atoms with Gasteiger partial charge in [0.05, 0.1) is 16.7 Å². The monoisotopic (exact) mass is 270 g/mol. The molecule has 0 radical (unpaired) electrons. The van der Waals surface area contributed by atoms with Gasteiger partial charge in [0, 0.05) is 9.85 Å². The zero-order valence-corrected chi connectivity index (χ0v) is 9.81. The Balaban J connectivity index is 2.38. The minimum absolute atomic E-state index is 0.0203. The fourth-order valence-corrected chi connectivity index (χ4v) is 2.54. The number of rotatable bonds is 2. The van der Waals surface area contributed by atoms with E-state index in [1.807, 2.05) is 18.4 Å². The smallest absolute Gasteiger partial charge is 0.206 e. The van der Waals surface area contributed by atoms with Crippen molar-refractivity contribution in [2.75, 3.05) is 0 Å². The summed E-state index contributed by atoms with van der Waals surface area (Å²) in [6.45, 7) is 1.86. The van der Waals surface area contributed by atoms with Gasteiger partial charge < -0.3 is 4.42 Å². The van der Waals surface area contributed by atoms with Crippen molar-refractivity contribution in [1.82, 2.24) is 0 Å². The maximum atomic E-state index is 11.9. The van der Waals surface area contributed by atoms with E-state index in [-0.39, 0.29) is 5.78 Å². The summed E-state index contributed by atoms with van der Waals surface area (Å²) in [6.07, 6.45) is 3.07. The molecule has 2 aromatic heterocycles. The van der Waals surface area contributed by atoms with Gasteiger partial charge in [-0.2, -0.15) is 0 Å². The van der Waals surface area contributed by atoms with Gasteiger partial charge in [0.25, 0.3) is 0 Å². The molecule has 0 aromatic carbocycles. The molecule has 0 amide bonds. The van der Waals surface area contributed by atoms with Crippen LogP contribution in [0.5, 0.6) is 0 Å². The first-order chi connectivity index (χ1) is 6.68. The summed E-state index contributed by atoms with van der Waals surface area (Å²) in [5.74, 6) is 0.0203. The first-order valence-corrected chi connectivity index (χ1v) is 5.67. The molecule has 2 nitrogen and oxygen atoms in total. The first-order valence-electron chi connectivity index (χ1n) is 4.00. The number of aryl methyl sites for hydroxylation is 1. The fraction of sp³-hybridized carbons (Fsp3) is 0.100. The molecule has 0 saturated heterocycles. The largest absolute Gasteiger partial charge is 0.472 e. The molecular formula is C10H7BrO2S. The van der Waals surface area contributed by atoms with E-state index < -0.39 is 0 Å². The third kappa shape index (κ3) is 1.67. The van der Waals surface area contributed by atoms with Gasteiger partial charge in [0.1, 0.15) is 6.26 Å². The summed E-state index contributed by atoms with van der Waals surface area (Å²) in [5, 5.41) is 1.89. The molecule has 0 atom stereocenters. The van der Waals surface area contributed by atoms with Gasteiger partial charge in [0.15, 0.2) is 0 Å². The van der Waals surface area contributed by atoms with Crippen molar-refractivity contribution >= 4 is 33.0 Å². The number of ketones is 1. The molecule has 0 bridgehead atoms. The van der Waals surface area contributed by atoms with E-state index in [0.717, 1.165) is 14.9 Å². The average molecular weight is 271 g/mol. The Kier molecular flexibility index (Phi) is 2.56. The van der Waals surface area contributed by atoms with Gasteiger partial charge in [0.2, 0.25) is 5.78 Å². The molecule has 0 spiro atoms. The molecule has 14 heavy (non-hydrogen) atoms. The lowest BCUT2D eigenvalue weighted by molar-refractivity contribution is 0.104. The van der Waals surface area contributed by atoms with Gasteiger partial charge in [-0.25, -0.2) is 0 Å². The molecule has 72 valence electrons. The van der Waals surface area contributed by atoms with Crippen molar-refractivity contribution in [2.45, 2.75) is 6.92 Å². The van der Waals surface area contributed by atoms with Gasteiger partial charge in [-0.15, -0.1) is 11.3 Å². The van der Waals surface area contributed by atoms with E-state index in [1.54, 1.807) is 6.26 Å². The predicted molar refractivity (Wildman–Crippen MR) is 58.9 cm³/mol. The Labute approximate surface area is 93.7 Å². The first kappa shape index (κ1) is 9.68. The van der Waals surface area contributed by atoms with Gasteiger partial charge in [-0.05, 0) is 34.5 Å². The Hall–Kier alpha value is -0.870. The van der Waals surface area contributed by atoms with Crippen LogP contribution in [0.4, 0.5) is 0 Å². The van der Waals surface area contributed by atoms with Crippen molar-refractivity contribution in [3.05, 3.63) is 44.4 Å². The molecule has 0 fully saturated rings. The van der Waals surface area contributed by atoms with E-state index in [1.165, 1.54) is 17.6 Å². The van der Waals surface area contributed by atoms with Crippen LogP contribution in [0.15, 0.2) is 32.9 Å². The molecule has 0 aliphatic carbocycles. The summed E-state index contributed by atoms with van der Waals surface area (Å²) in [7, 11) is 0. The van der Waals surface area contributed by atoms with Crippen molar-refractivity contribution in [3.8, 4) is 0 Å². The van der Waals surface area contributed by atoms with Crippen LogP contribution in [-0.4, -0.2) is 5.78 Å². The van der Waals surface area contributed by atoms with Gasteiger partial charge in [-0.1, -0.05) is 0 Å². The van der Waals surface area contributed by atoms with E-state index in [0.29, 0.717) is 5.56 Å². The lowest BCUT2D eigenvalue weighted by Gasteiger charge is -1.93. The quantitative estimate of drug-likeness (QED) is 0.780. The average Bonchev–Trinajstić information content (AvgIpc) is 2.73. The molecule has 0 aliphatic heterocycles. The highest BCUT2D eigenvalue weighted by molar-refractivity contribution is 9.10. The zero-order valence-electron chi connectivity index (χ0n) is 7.41. The van der Waals surface area contributed by atoms with Crippen LogP contribution in [0.1, 0.15) is 20.8 Å². The van der Waals surface area contributed by atoms with Crippen LogP contribution in [0.25, 0.3) is 0 Å². The molecule has 2 rings (SSSR count). The maximum absolute atomic E-state index is 11.9. The van der Waals surface area contributed by atoms with Crippen molar-refractivity contribution < 1.29 is 9.21 Å². The third-order valence-electron chi connectivity index (χ3n) is 1.89. The normalized spacial score (nSPS) is 10.4. The van der Waals surface area contributed by atoms with E-state index in [2.05, 4.69) is 15.9 Å². The second kappa shape index (κ2) is 3.71.